The van der Waals surface area contributed by atoms with Crippen molar-refractivity contribution in [2.75, 3.05) is 6.54 Å². The highest BCUT2D eigenvalue weighted by Gasteiger charge is 2.15. The SMILES string of the molecule is CC(C)(O)CNCc1cn(Cc2ccccc2)nc1-c1cccs1. The Hall–Kier alpha value is -1.95. The van der Waals surface area contributed by atoms with Crippen molar-refractivity contribution in [3.05, 3.63) is 65.2 Å². The zero-order valence-corrected chi connectivity index (χ0v) is 14.9. The molecule has 0 aliphatic carbocycles. The predicted octanol–water partition coefficient (Wildman–Crippen LogP) is 3.52. The number of aromatic nitrogens is 2. The standard InChI is InChI=1S/C19H23N3OS/c1-19(2,23)14-20-11-16-13-22(12-15-7-4-3-5-8-15)21-18(16)17-9-6-10-24-17/h3-10,13,20,23H,11-12,14H2,1-2H3. The lowest BCUT2D eigenvalue weighted by Crippen LogP contribution is -2.34. The molecule has 0 unspecified atom stereocenters. The number of benzene rings is 1. The molecule has 24 heavy (non-hydrogen) atoms. The van der Waals surface area contributed by atoms with Crippen LogP contribution in [-0.2, 0) is 13.1 Å². The van der Waals surface area contributed by atoms with Gasteiger partial charge in [-0.25, -0.2) is 0 Å². The summed E-state index contributed by atoms with van der Waals surface area (Å²) < 4.78 is 1.99. The Balaban J connectivity index is 1.80. The molecule has 2 aromatic heterocycles. The van der Waals surface area contributed by atoms with Crippen LogP contribution in [0.4, 0.5) is 0 Å². The van der Waals surface area contributed by atoms with Gasteiger partial charge in [-0.2, -0.15) is 5.10 Å². The molecule has 0 spiro atoms. The molecule has 2 N–H and O–H groups in total. The van der Waals surface area contributed by atoms with Crippen LogP contribution >= 0.6 is 11.3 Å². The molecule has 126 valence electrons. The average molecular weight is 341 g/mol. The fourth-order valence-electron chi connectivity index (χ4n) is 2.57. The average Bonchev–Trinajstić information content (AvgIpc) is 3.16. The first-order valence-electron chi connectivity index (χ1n) is 8.08. The monoisotopic (exact) mass is 341 g/mol. The molecule has 0 fully saturated rings. The Morgan fingerprint density at radius 3 is 2.62 bits per heavy atom. The topological polar surface area (TPSA) is 50.1 Å². The van der Waals surface area contributed by atoms with Crippen molar-refractivity contribution in [2.24, 2.45) is 0 Å². The second-order valence-corrected chi connectivity index (χ2v) is 7.53. The summed E-state index contributed by atoms with van der Waals surface area (Å²) in [5.74, 6) is 0. The number of hydrogen-bond donors (Lipinski definition) is 2. The minimum Gasteiger partial charge on any atom is -0.389 e. The predicted molar refractivity (Wildman–Crippen MR) is 99.1 cm³/mol. The van der Waals surface area contributed by atoms with Crippen LogP contribution in [0.3, 0.4) is 0 Å². The van der Waals surface area contributed by atoms with Crippen LogP contribution in [-0.4, -0.2) is 27.0 Å². The third-order valence-corrected chi connectivity index (χ3v) is 4.53. The van der Waals surface area contributed by atoms with Gasteiger partial charge in [0.15, 0.2) is 0 Å². The van der Waals surface area contributed by atoms with E-state index in [0.29, 0.717) is 13.1 Å². The molecule has 3 aromatic rings. The number of hydrogen-bond acceptors (Lipinski definition) is 4. The third kappa shape index (κ3) is 4.54. The lowest BCUT2D eigenvalue weighted by atomic mass is 10.1. The van der Waals surface area contributed by atoms with Gasteiger partial charge < -0.3 is 10.4 Å². The molecule has 1 aromatic carbocycles. The largest absolute Gasteiger partial charge is 0.389 e. The summed E-state index contributed by atoms with van der Waals surface area (Å²) in [6.07, 6.45) is 2.10. The quantitative estimate of drug-likeness (QED) is 0.691. The number of nitrogens with zero attached hydrogens (tertiary/aromatic N) is 2. The van der Waals surface area contributed by atoms with E-state index in [9.17, 15) is 5.11 Å². The van der Waals surface area contributed by atoms with E-state index in [4.69, 9.17) is 5.10 Å². The second-order valence-electron chi connectivity index (χ2n) is 6.58. The maximum Gasteiger partial charge on any atom is 0.107 e. The van der Waals surface area contributed by atoms with E-state index in [1.165, 1.54) is 10.4 Å². The molecule has 3 rings (SSSR count). The summed E-state index contributed by atoms with van der Waals surface area (Å²) in [4.78, 5) is 1.17. The van der Waals surface area contributed by atoms with Crippen molar-refractivity contribution in [3.8, 4) is 10.6 Å². The first-order valence-corrected chi connectivity index (χ1v) is 8.96. The third-order valence-electron chi connectivity index (χ3n) is 3.65. The fraction of sp³-hybridized carbons (Fsp3) is 0.316. The van der Waals surface area contributed by atoms with E-state index in [-0.39, 0.29) is 0 Å². The van der Waals surface area contributed by atoms with Crippen molar-refractivity contribution in [3.63, 3.8) is 0 Å². The molecule has 0 bridgehead atoms. The summed E-state index contributed by atoms with van der Waals surface area (Å²) in [6.45, 7) is 5.59. The van der Waals surface area contributed by atoms with Gasteiger partial charge in [0.2, 0.25) is 0 Å². The number of nitrogens with one attached hydrogen (secondary N) is 1. The Kier molecular flexibility index (Phi) is 5.14. The Labute approximate surface area is 146 Å². The van der Waals surface area contributed by atoms with Crippen LogP contribution in [0, 0.1) is 0 Å². The molecule has 2 heterocycles. The normalized spacial score (nSPS) is 11.8. The molecule has 0 radical (unpaired) electrons. The zero-order valence-electron chi connectivity index (χ0n) is 14.1. The van der Waals surface area contributed by atoms with Crippen LogP contribution in [0.1, 0.15) is 25.0 Å². The first-order chi connectivity index (χ1) is 11.5. The minimum absolute atomic E-state index is 0.542. The lowest BCUT2D eigenvalue weighted by Gasteiger charge is -2.17. The minimum atomic E-state index is -0.719. The van der Waals surface area contributed by atoms with Gasteiger partial charge in [-0.05, 0) is 30.9 Å². The van der Waals surface area contributed by atoms with Crippen LogP contribution in [0.5, 0.6) is 0 Å². The van der Waals surface area contributed by atoms with E-state index in [2.05, 4.69) is 35.1 Å². The Morgan fingerprint density at radius 2 is 1.96 bits per heavy atom. The van der Waals surface area contributed by atoms with Crippen LogP contribution in [0.2, 0.25) is 0 Å². The molecule has 0 saturated heterocycles. The number of thiophene rings is 1. The molecule has 0 amide bonds. The van der Waals surface area contributed by atoms with Gasteiger partial charge in [0.25, 0.3) is 0 Å². The Bertz CT molecular complexity index is 758. The van der Waals surface area contributed by atoms with Crippen molar-refractivity contribution in [1.29, 1.82) is 0 Å². The summed E-state index contributed by atoms with van der Waals surface area (Å²) in [7, 11) is 0. The van der Waals surface area contributed by atoms with Crippen LogP contribution in [0.25, 0.3) is 10.6 Å². The molecular formula is C19H23N3OS. The van der Waals surface area contributed by atoms with Crippen molar-refractivity contribution >= 4 is 11.3 Å². The summed E-state index contributed by atoms with van der Waals surface area (Å²) >= 11 is 1.70. The fourth-order valence-corrected chi connectivity index (χ4v) is 3.31. The van der Waals surface area contributed by atoms with Gasteiger partial charge in [0.1, 0.15) is 5.69 Å². The first kappa shape index (κ1) is 16.9. The van der Waals surface area contributed by atoms with Gasteiger partial charge >= 0.3 is 0 Å². The number of rotatable bonds is 7. The van der Waals surface area contributed by atoms with E-state index >= 15 is 0 Å². The summed E-state index contributed by atoms with van der Waals surface area (Å²) in [6, 6.07) is 14.5. The van der Waals surface area contributed by atoms with E-state index in [1.54, 1.807) is 25.2 Å². The maximum absolute atomic E-state index is 9.87. The molecule has 4 nitrogen and oxygen atoms in total. The highest BCUT2D eigenvalue weighted by atomic mass is 32.1. The van der Waals surface area contributed by atoms with Gasteiger partial charge in [-0.15, -0.1) is 11.3 Å². The van der Waals surface area contributed by atoms with Gasteiger partial charge in [0.05, 0.1) is 17.0 Å². The zero-order chi connectivity index (χ0) is 17.0. The van der Waals surface area contributed by atoms with E-state index < -0.39 is 5.60 Å². The maximum atomic E-state index is 9.87. The van der Waals surface area contributed by atoms with Crippen LogP contribution < -0.4 is 5.32 Å². The Morgan fingerprint density at radius 1 is 1.17 bits per heavy atom. The summed E-state index contributed by atoms with van der Waals surface area (Å²) in [5, 5.41) is 20.0. The van der Waals surface area contributed by atoms with Crippen molar-refractivity contribution in [1.82, 2.24) is 15.1 Å². The lowest BCUT2D eigenvalue weighted by molar-refractivity contribution is 0.0795. The second kappa shape index (κ2) is 7.30. The van der Waals surface area contributed by atoms with Gasteiger partial charge in [0, 0.05) is 24.8 Å². The molecule has 0 aliphatic heterocycles. The van der Waals surface area contributed by atoms with E-state index in [0.717, 1.165) is 17.8 Å². The number of aliphatic hydroxyl groups is 1. The summed E-state index contributed by atoms with van der Waals surface area (Å²) in [5.41, 5.74) is 2.68. The molecular weight excluding hydrogens is 318 g/mol. The molecule has 0 saturated carbocycles. The molecule has 5 heteroatoms. The highest BCUT2D eigenvalue weighted by Crippen LogP contribution is 2.27. The molecule has 0 atom stereocenters. The highest BCUT2D eigenvalue weighted by molar-refractivity contribution is 7.13. The van der Waals surface area contributed by atoms with Crippen molar-refractivity contribution in [2.45, 2.75) is 32.5 Å². The van der Waals surface area contributed by atoms with Crippen LogP contribution in [0.15, 0.2) is 54.0 Å². The smallest absolute Gasteiger partial charge is 0.107 e. The van der Waals surface area contributed by atoms with Crippen molar-refractivity contribution < 1.29 is 5.11 Å². The van der Waals surface area contributed by atoms with Gasteiger partial charge in [-0.1, -0.05) is 36.4 Å². The molecule has 0 aliphatic rings. The van der Waals surface area contributed by atoms with Gasteiger partial charge in [-0.3, -0.25) is 4.68 Å². The van der Waals surface area contributed by atoms with E-state index in [1.807, 2.05) is 28.9 Å².